The van der Waals surface area contributed by atoms with Gasteiger partial charge in [-0.05, 0) is 6.07 Å². The third-order valence-corrected chi connectivity index (χ3v) is 3.44. The second-order valence-electron chi connectivity index (χ2n) is 4.91. The summed E-state index contributed by atoms with van der Waals surface area (Å²) in [6.45, 7) is 5.07. The van der Waals surface area contributed by atoms with E-state index in [9.17, 15) is 0 Å². The topological polar surface area (TPSA) is 13.1 Å². The van der Waals surface area contributed by atoms with Gasteiger partial charge in [0.2, 0.25) is 5.52 Å². The highest BCUT2D eigenvalue weighted by Gasteiger charge is 2.13. The molecule has 0 saturated heterocycles. The van der Waals surface area contributed by atoms with Crippen molar-refractivity contribution in [2.24, 2.45) is 0 Å². The molecule has 0 fully saturated rings. The fourth-order valence-electron chi connectivity index (χ4n) is 2.45. The van der Waals surface area contributed by atoms with E-state index in [1.807, 2.05) is 18.2 Å². The van der Waals surface area contributed by atoms with Crippen LogP contribution in [0.25, 0.3) is 10.9 Å². The second-order valence-corrected chi connectivity index (χ2v) is 4.91. The quantitative estimate of drug-likeness (QED) is 0.511. The molecule has 0 saturated carbocycles. The second kappa shape index (κ2) is 6.23. The van der Waals surface area contributed by atoms with Crippen LogP contribution in [-0.4, -0.2) is 6.61 Å². The van der Waals surface area contributed by atoms with Gasteiger partial charge in [-0.1, -0.05) is 55.1 Å². The highest BCUT2D eigenvalue weighted by atomic mass is 16.5. The summed E-state index contributed by atoms with van der Waals surface area (Å²) >= 11 is 0. The number of hydrogen-bond donors (Lipinski definition) is 0. The lowest BCUT2D eigenvalue weighted by Gasteiger charge is -2.07. The Balaban J connectivity index is 2.02. The third-order valence-electron chi connectivity index (χ3n) is 3.44. The van der Waals surface area contributed by atoms with E-state index in [-0.39, 0.29) is 0 Å². The van der Waals surface area contributed by atoms with Crippen LogP contribution < -0.4 is 9.30 Å². The first kappa shape index (κ1) is 13.4. The van der Waals surface area contributed by atoms with Gasteiger partial charge >= 0.3 is 0 Å². The molecule has 0 amide bonds. The van der Waals surface area contributed by atoms with Crippen LogP contribution in [-0.2, 0) is 6.54 Å². The van der Waals surface area contributed by atoms with Gasteiger partial charge in [-0.25, -0.2) is 0 Å². The first-order valence-corrected chi connectivity index (χ1v) is 7.07. The van der Waals surface area contributed by atoms with Crippen molar-refractivity contribution in [1.29, 1.82) is 0 Å². The molecule has 0 bridgehead atoms. The molecule has 0 atom stereocenters. The Bertz CT molecular complexity index is 750. The van der Waals surface area contributed by atoms with Crippen LogP contribution in [0.2, 0.25) is 0 Å². The average molecular weight is 276 g/mol. The van der Waals surface area contributed by atoms with Crippen LogP contribution >= 0.6 is 0 Å². The Morgan fingerprint density at radius 1 is 0.952 bits per heavy atom. The molecule has 0 aliphatic rings. The third kappa shape index (κ3) is 2.95. The van der Waals surface area contributed by atoms with E-state index in [0.29, 0.717) is 6.61 Å². The molecular weight excluding hydrogens is 258 g/mol. The summed E-state index contributed by atoms with van der Waals surface area (Å²) in [6.07, 6.45) is 3.84. The van der Waals surface area contributed by atoms with Gasteiger partial charge in [0.1, 0.15) is 12.4 Å². The molecule has 0 unspecified atom stereocenters. The maximum absolute atomic E-state index is 5.74. The van der Waals surface area contributed by atoms with Crippen LogP contribution in [0.5, 0.6) is 5.75 Å². The highest BCUT2D eigenvalue weighted by molar-refractivity contribution is 5.82. The first-order valence-electron chi connectivity index (χ1n) is 7.07. The molecule has 1 aromatic heterocycles. The molecule has 21 heavy (non-hydrogen) atoms. The lowest BCUT2D eigenvalue weighted by molar-refractivity contribution is -0.662. The largest absolute Gasteiger partial charge is 0.488 e. The van der Waals surface area contributed by atoms with E-state index in [2.05, 4.69) is 59.8 Å². The summed E-state index contributed by atoms with van der Waals surface area (Å²) in [5.74, 6) is 0.898. The van der Waals surface area contributed by atoms with Crippen molar-refractivity contribution in [2.45, 2.75) is 6.54 Å². The molecule has 3 aromatic rings. The molecule has 104 valence electrons. The summed E-state index contributed by atoms with van der Waals surface area (Å²) < 4.78 is 7.98. The Kier molecular flexibility index (Phi) is 3.97. The van der Waals surface area contributed by atoms with E-state index in [0.717, 1.165) is 17.7 Å². The standard InChI is InChI=1S/C19H18NO/c1-2-14-21-19-12-13-20(15-16-8-4-3-5-9-16)18-11-7-6-10-17(18)19/h2-13H,1,14-15H2/q+1. The van der Waals surface area contributed by atoms with Crippen molar-refractivity contribution < 1.29 is 9.30 Å². The molecule has 2 nitrogen and oxygen atoms in total. The van der Waals surface area contributed by atoms with Gasteiger partial charge in [0.05, 0.1) is 5.39 Å². The number of aromatic nitrogens is 1. The van der Waals surface area contributed by atoms with Crippen molar-refractivity contribution in [2.75, 3.05) is 6.61 Å². The maximum atomic E-state index is 5.74. The monoisotopic (exact) mass is 276 g/mol. The predicted molar refractivity (Wildman–Crippen MR) is 85.4 cm³/mol. The van der Waals surface area contributed by atoms with Gasteiger partial charge in [-0.3, -0.25) is 0 Å². The predicted octanol–water partition coefficient (Wildman–Crippen LogP) is 3.74. The average Bonchev–Trinajstić information content (AvgIpc) is 2.55. The van der Waals surface area contributed by atoms with Gasteiger partial charge in [-0.2, -0.15) is 4.57 Å². The van der Waals surface area contributed by atoms with Crippen molar-refractivity contribution in [3.05, 3.63) is 85.1 Å². The zero-order chi connectivity index (χ0) is 14.5. The maximum Gasteiger partial charge on any atom is 0.216 e. The van der Waals surface area contributed by atoms with E-state index in [1.165, 1.54) is 11.1 Å². The van der Waals surface area contributed by atoms with E-state index >= 15 is 0 Å². The normalized spacial score (nSPS) is 10.5. The summed E-state index contributed by atoms with van der Waals surface area (Å²) in [7, 11) is 0. The molecule has 0 aliphatic carbocycles. The molecule has 0 aliphatic heterocycles. The summed E-state index contributed by atoms with van der Waals surface area (Å²) in [6, 6.07) is 20.8. The minimum absolute atomic E-state index is 0.521. The number of hydrogen-bond acceptors (Lipinski definition) is 1. The van der Waals surface area contributed by atoms with Crippen molar-refractivity contribution in [3.63, 3.8) is 0 Å². The van der Waals surface area contributed by atoms with Gasteiger partial charge < -0.3 is 4.74 Å². The van der Waals surface area contributed by atoms with Crippen LogP contribution in [0.4, 0.5) is 0 Å². The van der Waals surface area contributed by atoms with E-state index < -0.39 is 0 Å². The summed E-state index contributed by atoms with van der Waals surface area (Å²) in [5.41, 5.74) is 2.45. The van der Waals surface area contributed by atoms with Crippen LogP contribution in [0, 0.1) is 0 Å². The van der Waals surface area contributed by atoms with Crippen molar-refractivity contribution in [3.8, 4) is 5.75 Å². The Morgan fingerprint density at radius 2 is 1.71 bits per heavy atom. The molecule has 2 aromatic carbocycles. The number of rotatable bonds is 5. The van der Waals surface area contributed by atoms with Gasteiger partial charge in [-0.15, -0.1) is 0 Å². The number of benzene rings is 2. The summed E-state index contributed by atoms with van der Waals surface area (Å²) in [5, 5.41) is 1.12. The molecule has 3 rings (SSSR count). The Hall–Kier alpha value is -2.61. The summed E-state index contributed by atoms with van der Waals surface area (Å²) in [4.78, 5) is 0. The number of nitrogens with zero attached hydrogens (tertiary/aromatic N) is 1. The van der Waals surface area contributed by atoms with Crippen LogP contribution in [0.1, 0.15) is 5.56 Å². The lowest BCUT2D eigenvalue weighted by atomic mass is 10.1. The fraction of sp³-hybridized carbons (Fsp3) is 0.105. The van der Waals surface area contributed by atoms with Crippen molar-refractivity contribution in [1.82, 2.24) is 0 Å². The zero-order valence-electron chi connectivity index (χ0n) is 11.9. The van der Waals surface area contributed by atoms with Gasteiger partial charge in [0.25, 0.3) is 0 Å². The molecule has 2 heteroatoms. The van der Waals surface area contributed by atoms with Gasteiger partial charge in [0.15, 0.2) is 12.7 Å². The number of fused-ring (bicyclic) bond motifs is 1. The number of ether oxygens (including phenoxy) is 1. The zero-order valence-corrected chi connectivity index (χ0v) is 11.9. The molecular formula is C19H18NO+. The Morgan fingerprint density at radius 3 is 2.52 bits per heavy atom. The smallest absolute Gasteiger partial charge is 0.216 e. The minimum atomic E-state index is 0.521. The van der Waals surface area contributed by atoms with E-state index in [1.54, 1.807) is 6.08 Å². The highest BCUT2D eigenvalue weighted by Crippen LogP contribution is 2.22. The molecule has 0 N–H and O–H groups in total. The van der Waals surface area contributed by atoms with Crippen LogP contribution in [0.3, 0.4) is 0 Å². The molecule has 0 radical (unpaired) electrons. The number of pyridine rings is 1. The molecule has 0 spiro atoms. The van der Waals surface area contributed by atoms with Crippen molar-refractivity contribution >= 4 is 10.9 Å². The minimum Gasteiger partial charge on any atom is -0.488 e. The fourth-order valence-corrected chi connectivity index (χ4v) is 2.45. The Labute approximate surface area is 124 Å². The first-order chi connectivity index (χ1) is 10.4. The lowest BCUT2D eigenvalue weighted by Crippen LogP contribution is -2.34. The SMILES string of the molecule is C=CCOc1cc[n+](Cc2ccccc2)c2ccccc12. The molecule has 1 heterocycles. The van der Waals surface area contributed by atoms with Crippen LogP contribution in [0.15, 0.2) is 79.5 Å². The van der Waals surface area contributed by atoms with E-state index in [4.69, 9.17) is 4.74 Å². The van der Waals surface area contributed by atoms with Gasteiger partial charge in [0, 0.05) is 17.7 Å². The number of para-hydroxylation sites is 1.